The van der Waals surface area contributed by atoms with Crippen molar-refractivity contribution in [3.63, 3.8) is 0 Å². The number of rotatable bonds is 3. The first kappa shape index (κ1) is 14.7. The molecule has 2 heterocycles. The van der Waals surface area contributed by atoms with E-state index in [2.05, 4.69) is 0 Å². The maximum absolute atomic E-state index is 13.3. The van der Waals surface area contributed by atoms with Crippen LogP contribution in [-0.2, 0) is 16.0 Å². The summed E-state index contributed by atoms with van der Waals surface area (Å²) in [5.41, 5.74) is 1.17. The molecule has 6 heteroatoms. The van der Waals surface area contributed by atoms with Crippen LogP contribution in [0.15, 0.2) is 42.5 Å². The minimum absolute atomic E-state index is 0.115. The van der Waals surface area contributed by atoms with Gasteiger partial charge in [0.15, 0.2) is 11.5 Å². The van der Waals surface area contributed by atoms with E-state index in [-0.39, 0.29) is 30.8 Å². The van der Waals surface area contributed by atoms with E-state index in [9.17, 15) is 14.0 Å². The van der Waals surface area contributed by atoms with Crippen LogP contribution in [0.3, 0.4) is 0 Å². The van der Waals surface area contributed by atoms with Gasteiger partial charge in [-0.15, -0.1) is 0 Å². The van der Waals surface area contributed by atoms with Crippen molar-refractivity contribution < 1.29 is 23.5 Å². The molecule has 1 unspecified atom stereocenters. The maximum Gasteiger partial charge on any atom is 0.237 e. The van der Waals surface area contributed by atoms with Crippen LogP contribution in [-0.4, -0.2) is 18.6 Å². The Balaban J connectivity index is 1.57. The highest BCUT2D eigenvalue weighted by molar-refractivity contribution is 6.21. The number of hydrogen-bond acceptors (Lipinski definition) is 4. The Hall–Kier alpha value is -2.89. The second-order valence-electron chi connectivity index (χ2n) is 5.84. The Morgan fingerprint density at radius 1 is 1.08 bits per heavy atom. The van der Waals surface area contributed by atoms with Crippen LogP contribution in [0.4, 0.5) is 10.1 Å². The molecule has 2 amide bonds. The van der Waals surface area contributed by atoms with Gasteiger partial charge in [0, 0.05) is 12.5 Å². The monoisotopic (exact) mass is 327 g/mol. The van der Waals surface area contributed by atoms with Crippen molar-refractivity contribution in [3.05, 3.63) is 53.8 Å². The summed E-state index contributed by atoms with van der Waals surface area (Å²) < 4.78 is 23.8. The first-order chi connectivity index (χ1) is 11.6. The Morgan fingerprint density at radius 3 is 2.75 bits per heavy atom. The number of hydrogen-bond donors (Lipinski definition) is 0. The number of anilines is 1. The highest BCUT2D eigenvalue weighted by Gasteiger charge is 2.39. The third-order valence-electron chi connectivity index (χ3n) is 4.23. The van der Waals surface area contributed by atoms with E-state index in [4.69, 9.17) is 9.47 Å². The van der Waals surface area contributed by atoms with Gasteiger partial charge in [0.2, 0.25) is 18.6 Å². The molecule has 1 atom stereocenters. The van der Waals surface area contributed by atoms with Crippen LogP contribution < -0.4 is 14.4 Å². The summed E-state index contributed by atoms with van der Waals surface area (Å²) in [7, 11) is 0. The summed E-state index contributed by atoms with van der Waals surface area (Å²) in [4.78, 5) is 26.1. The molecule has 0 radical (unpaired) electrons. The van der Waals surface area contributed by atoms with Crippen LogP contribution in [0.2, 0.25) is 0 Å². The average molecular weight is 327 g/mol. The van der Waals surface area contributed by atoms with Gasteiger partial charge in [0.25, 0.3) is 0 Å². The summed E-state index contributed by atoms with van der Waals surface area (Å²) >= 11 is 0. The average Bonchev–Trinajstić information content (AvgIpc) is 3.12. The van der Waals surface area contributed by atoms with E-state index in [0.717, 1.165) is 0 Å². The van der Waals surface area contributed by atoms with Gasteiger partial charge in [-0.2, -0.15) is 0 Å². The molecule has 2 aliphatic rings. The third kappa shape index (κ3) is 2.50. The summed E-state index contributed by atoms with van der Waals surface area (Å²) in [5, 5.41) is 0. The molecule has 5 nitrogen and oxygen atoms in total. The van der Waals surface area contributed by atoms with E-state index in [1.54, 1.807) is 30.3 Å². The number of imide groups is 1. The molecule has 0 aliphatic carbocycles. The first-order valence-corrected chi connectivity index (χ1v) is 7.63. The number of fused-ring (bicyclic) bond motifs is 1. The molecular weight excluding hydrogens is 313 g/mol. The molecule has 0 N–H and O–H groups in total. The number of benzene rings is 2. The quantitative estimate of drug-likeness (QED) is 0.814. The van der Waals surface area contributed by atoms with Gasteiger partial charge in [-0.25, -0.2) is 4.39 Å². The Labute approximate surface area is 137 Å². The van der Waals surface area contributed by atoms with E-state index >= 15 is 0 Å². The van der Waals surface area contributed by atoms with Gasteiger partial charge in [0.05, 0.1) is 11.6 Å². The van der Waals surface area contributed by atoms with E-state index < -0.39 is 5.92 Å². The predicted molar refractivity (Wildman–Crippen MR) is 83.3 cm³/mol. The first-order valence-electron chi connectivity index (χ1n) is 7.63. The lowest BCUT2D eigenvalue weighted by Gasteiger charge is -2.15. The fourth-order valence-corrected chi connectivity index (χ4v) is 3.10. The number of carbonyl (C=O) groups excluding carboxylic acids is 2. The lowest BCUT2D eigenvalue weighted by atomic mass is 9.98. The van der Waals surface area contributed by atoms with E-state index in [1.165, 1.54) is 17.0 Å². The van der Waals surface area contributed by atoms with Crippen LogP contribution in [0.1, 0.15) is 12.0 Å². The highest BCUT2D eigenvalue weighted by atomic mass is 19.1. The summed E-state index contributed by atoms with van der Waals surface area (Å²) in [6.07, 6.45) is 0.452. The number of carbonyl (C=O) groups is 2. The Bertz CT molecular complexity index is 836. The van der Waals surface area contributed by atoms with Gasteiger partial charge in [-0.3, -0.25) is 14.5 Å². The molecule has 0 bridgehead atoms. The zero-order valence-electron chi connectivity index (χ0n) is 12.7. The molecule has 122 valence electrons. The minimum Gasteiger partial charge on any atom is -0.454 e. The van der Waals surface area contributed by atoms with E-state index in [1.807, 2.05) is 0 Å². The van der Waals surface area contributed by atoms with E-state index in [0.29, 0.717) is 29.2 Å². The molecule has 0 spiro atoms. The van der Waals surface area contributed by atoms with Crippen LogP contribution in [0.25, 0.3) is 0 Å². The van der Waals surface area contributed by atoms with Crippen molar-refractivity contribution in [2.45, 2.75) is 12.8 Å². The smallest absolute Gasteiger partial charge is 0.237 e. The predicted octanol–water partition coefficient (Wildman–Crippen LogP) is 2.68. The lowest BCUT2D eigenvalue weighted by Crippen LogP contribution is -2.30. The topological polar surface area (TPSA) is 55.8 Å². The van der Waals surface area contributed by atoms with Gasteiger partial charge >= 0.3 is 0 Å². The number of nitrogens with zero attached hydrogens (tertiary/aromatic N) is 1. The molecule has 0 saturated carbocycles. The normalized spacial score (nSPS) is 19.2. The van der Waals surface area contributed by atoms with Crippen LogP contribution >= 0.6 is 0 Å². The molecule has 1 fully saturated rings. The van der Waals surface area contributed by atoms with Gasteiger partial charge in [-0.05, 0) is 36.2 Å². The van der Waals surface area contributed by atoms with Gasteiger partial charge in [0.1, 0.15) is 5.82 Å². The Kier molecular flexibility index (Phi) is 3.45. The zero-order chi connectivity index (χ0) is 16.7. The second kappa shape index (κ2) is 5.63. The van der Waals surface area contributed by atoms with Crippen molar-refractivity contribution in [2.24, 2.45) is 5.92 Å². The second-order valence-corrected chi connectivity index (χ2v) is 5.84. The van der Waals surface area contributed by atoms with Crippen molar-refractivity contribution in [3.8, 4) is 11.5 Å². The minimum atomic E-state index is -0.482. The lowest BCUT2D eigenvalue weighted by molar-refractivity contribution is -0.122. The van der Waals surface area contributed by atoms with Gasteiger partial charge in [-0.1, -0.05) is 12.1 Å². The number of amides is 2. The van der Waals surface area contributed by atoms with Gasteiger partial charge < -0.3 is 9.47 Å². The fraction of sp³-hybridized carbons (Fsp3) is 0.222. The highest BCUT2D eigenvalue weighted by Crippen LogP contribution is 2.37. The molecule has 2 aliphatic heterocycles. The maximum atomic E-state index is 13.3. The fourth-order valence-electron chi connectivity index (χ4n) is 3.10. The zero-order valence-corrected chi connectivity index (χ0v) is 12.7. The van der Waals surface area contributed by atoms with Crippen LogP contribution in [0.5, 0.6) is 11.5 Å². The number of ether oxygens (including phenoxy) is 2. The molecule has 0 aromatic heterocycles. The summed E-state index contributed by atoms with van der Waals surface area (Å²) in [6.45, 7) is 0.128. The SMILES string of the molecule is O=C1CC(Cc2cccc(F)c2)C(=O)N1c1ccc2c(c1)OCO2. The third-order valence-corrected chi connectivity index (χ3v) is 4.23. The van der Waals surface area contributed by atoms with Crippen molar-refractivity contribution in [1.29, 1.82) is 0 Å². The molecule has 24 heavy (non-hydrogen) atoms. The van der Waals surface area contributed by atoms with Crippen molar-refractivity contribution in [2.75, 3.05) is 11.7 Å². The molecular formula is C18H14FNO4. The van der Waals surface area contributed by atoms with Crippen molar-refractivity contribution >= 4 is 17.5 Å². The summed E-state index contributed by atoms with van der Waals surface area (Å²) in [6, 6.07) is 11.1. The molecule has 2 aromatic rings. The van der Waals surface area contributed by atoms with Crippen LogP contribution in [0, 0.1) is 11.7 Å². The van der Waals surface area contributed by atoms with Crippen molar-refractivity contribution in [1.82, 2.24) is 0 Å². The number of halogens is 1. The molecule has 1 saturated heterocycles. The Morgan fingerprint density at radius 2 is 1.92 bits per heavy atom. The standard InChI is InChI=1S/C18H14FNO4/c19-13-3-1-2-11(7-13)6-12-8-17(21)20(18(12)22)14-4-5-15-16(9-14)24-10-23-15/h1-5,7,9,12H,6,8,10H2. The molecule has 2 aromatic carbocycles. The largest absolute Gasteiger partial charge is 0.454 e. The summed E-state index contributed by atoms with van der Waals surface area (Å²) in [5.74, 6) is -0.263. The molecule has 4 rings (SSSR count).